The highest BCUT2D eigenvalue weighted by Crippen LogP contribution is 2.43. The summed E-state index contributed by atoms with van der Waals surface area (Å²) in [5, 5.41) is 12.5. The fourth-order valence-electron chi connectivity index (χ4n) is 5.26. The van der Waals surface area contributed by atoms with Crippen molar-refractivity contribution in [2.24, 2.45) is 5.41 Å². The van der Waals surface area contributed by atoms with E-state index in [-0.39, 0.29) is 29.5 Å². The van der Waals surface area contributed by atoms with Crippen LogP contribution in [0, 0.1) is 5.41 Å². The molecule has 1 atom stereocenters. The Morgan fingerprint density at radius 1 is 1.23 bits per heavy atom. The number of amides is 2. The lowest BCUT2D eigenvalue weighted by molar-refractivity contribution is -0.139. The van der Waals surface area contributed by atoms with Crippen molar-refractivity contribution in [1.82, 2.24) is 15.2 Å². The van der Waals surface area contributed by atoms with Crippen LogP contribution in [0.2, 0.25) is 0 Å². The third-order valence-corrected chi connectivity index (χ3v) is 6.89. The second kappa shape index (κ2) is 9.02. The molecular weight excluding hydrogens is 396 g/mol. The Morgan fingerprint density at radius 2 is 2.00 bits per heavy atom. The average molecular weight is 431 g/mol. The summed E-state index contributed by atoms with van der Waals surface area (Å²) in [7, 11) is 0. The average Bonchev–Trinajstić information content (AvgIpc) is 3.04. The van der Waals surface area contributed by atoms with Crippen LogP contribution in [0.15, 0.2) is 18.3 Å². The zero-order valence-corrected chi connectivity index (χ0v) is 18.5. The first-order chi connectivity index (χ1) is 14.9. The number of aliphatic hydroxyl groups is 1. The Labute approximate surface area is 184 Å². The third kappa shape index (κ3) is 4.79. The van der Waals surface area contributed by atoms with Crippen molar-refractivity contribution in [3.63, 3.8) is 0 Å². The number of pyridine rings is 1. The maximum absolute atomic E-state index is 13.5. The van der Waals surface area contributed by atoms with Crippen LogP contribution < -0.4 is 15.0 Å². The summed E-state index contributed by atoms with van der Waals surface area (Å²) in [6.45, 7) is 6.11. The van der Waals surface area contributed by atoms with Crippen LogP contribution in [0.1, 0.15) is 58.8 Å². The van der Waals surface area contributed by atoms with Crippen molar-refractivity contribution in [2.75, 3.05) is 24.5 Å². The number of aromatic nitrogens is 1. The van der Waals surface area contributed by atoms with Gasteiger partial charge >= 0.3 is 6.09 Å². The van der Waals surface area contributed by atoms with Crippen LogP contribution in [0.3, 0.4) is 0 Å². The standard InChI is InChI=1S/C23H34N4O4/c1-16(2)25-22(30)31-19-8-9-20(24-14-19)26-12-3-10-23(15-26)11-13-27(21(23)29)17-4-6-18(28)7-5-17/h8-9,14,16-18,28H,3-7,10-13,15H2,1-2H3,(H,25,30). The quantitative estimate of drug-likeness (QED) is 0.763. The number of carbonyl (C=O) groups excluding carboxylic acids is 2. The van der Waals surface area contributed by atoms with Gasteiger partial charge in [0.1, 0.15) is 5.82 Å². The molecule has 8 nitrogen and oxygen atoms in total. The van der Waals surface area contributed by atoms with E-state index in [9.17, 15) is 14.7 Å². The van der Waals surface area contributed by atoms with Gasteiger partial charge in [-0.2, -0.15) is 0 Å². The predicted octanol–water partition coefficient (Wildman–Crippen LogP) is 2.70. The molecule has 0 bridgehead atoms. The van der Waals surface area contributed by atoms with Gasteiger partial charge in [-0.05, 0) is 70.9 Å². The molecule has 0 radical (unpaired) electrons. The van der Waals surface area contributed by atoms with E-state index in [0.29, 0.717) is 12.3 Å². The topological polar surface area (TPSA) is 95.0 Å². The summed E-state index contributed by atoms with van der Waals surface area (Å²) in [4.78, 5) is 34.0. The molecule has 1 aromatic rings. The van der Waals surface area contributed by atoms with Crippen molar-refractivity contribution >= 4 is 17.8 Å². The highest BCUT2D eigenvalue weighted by atomic mass is 16.6. The fourth-order valence-corrected chi connectivity index (χ4v) is 5.26. The number of hydrogen-bond acceptors (Lipinski definition) is 6. The van der Waals surface area contributed by atoms with Crippen LogP contribution >= 0.6 is 0 Å². The summed E-state index contributed by atoms with van der Waals surface area (Å²) >= 11 is 0. The van der Waals surface area contributed by atoms with Gasteiger partial charge in [0.15, 0.2) is 5.75 Å². The first-order valence-electron chi connectivity index (χ1n) is 11.5. The number of hydrogen-bond donors (Lipinski definition) is 2. The molecule has 1 spiro atoms. The number of carbonyl (C=O) groups is 2. The summed E-state index contributed by atoms with van der Waals surface area (Å²) < 4.78 is 5.26. The van der Waals surface area contributed by atoms with E-state index in [1.165, 1.54) is 0 Å². The number of nitrogens with one attached hydrogen (secondary N) is 1. The van der Waals surface area contributed by atoms with E-state index in [4.69, 9.17) is 4.74 Å². The molecule has 1 saturated carbocycles. The van der Waals surface area contributed by atoms with Gasteiger partial charge in [0.25, 0.3) is 0 Å². The van der Waals surface area contributed by atoms with E-state index >= 15 is 0 Å². The first-order valence-corrected chi connectivity index (χ1v) is 11.5. The van der Waals surface area contributed by atoms with Crippen molar-refractivity contribution in [3.8, 4) is 5.75 Å². The largest absolute Gasteiger partial charge is 0.412 e. The van der Waals surface area contributed by atoms with Crippen molar-refractivity contribution in [1.29, 1.82) is 0 Å². The van der Waals surface area contributed by atoms with Crippen molar-refractivity contribution in [2.45, 2.75) is 77.0 Å². The first kappa shape index (κ1) is 21.9. The van der Waals surface area contributed by atoms with E-state index < -0.39 is 6.09 Å². The molecule has 2 amide bonds. The van der Waals surface area contributed by atoms with Crippen LogP contribution in [0.4, 0.5) is 10.6 Å². The molecule has 2 saturated heterocycles. The molecule has 0 aromatic carbocycles. The summed E-state index contributed by atoms with van der Waals surface area (Å²) in [6.07, 6.45) is 7.02. The Balaban J connectivity index is 1.39. The highest BCUT2D eigenvalue weighted by molar-refractivity contribution is 5.86. The lowest BCUT2D eigenvalue weighted by Crippen LogP contribution is -2.50. The predicted molar refractivity (Wildman–Crippen MR) is 117 cm³/mol. The van der Waals surface area contributed by atoms with Crippen molar-refractivity contribution in [3.05, 3.63) is 18.3 Å². The Bertz CT molecular complexity index is 791. The van der Waals surface area contributed by atoms with Gasteiger partial charge in [-0.15, -0.1) is 0 Å². The molecule has 4 rings (SSSR count). The molecular formula is C23H34N4O4. The number of rotatable bonds is 4. The number of likely N-dealkylation sites (tertiary alicyclic amines) is 1. The fraction of sp³-hybridized carbons (Fsp3) is 0.696. The van der Waals surface area contributed by atoms with Crippen LogP contribution in [0.25, 0.3) is 0 Å². The van der Waals surface area contributed by atoms with Crippen LogP contribution in [0.5, 0.6) is 5.75 Å². The van der Waals surface area contributed by atoms with Gasteiger partial charge in [0.2, 0.25) is 5.91 Å². The maximum atomic E-state index is 13.5. The van der Waals surface area contributed by atoms with Crippen molar-refractivity contribution < 1.29 is 19.4 Å². The number of anilines is 1. The molecule has 1 unspecified atom stereocenters. The van der Waals surface area contributed by atoms with Crippen LogP contribution in [-0.4, -0.2) is 64.8 Å². The number of ether oxygens (including phenoxy) is 1. The zero-order valence-electron chi connectivity index (χ0n) is 18.5. The molecule has 3 fully saturated rings. The van der Waals surface area contributed by atoms with E-state index in [2.05, 4.69) is 20.1 Å². The van der Waals surface area contributed by atoms with E-state index in [1.807, 2.05) is 19.9 Å². The van der Waals surface area contributed by atoms with E-state index in [0.717, 1.165) is 63.9 Å². The minimum absolute atomic E-state index is 0.00598. The van der Waals surface area contributed by atoms with Crippen LogP contribution in [-0.2, 0) is 4.79 Å². The molecule has 2 N–H and O–H groups in total. The minimum Gasteiger partial charge on any atom is -0.409 e. The molecule has 3 aliphatic rings. The lowest BCUT2D eigenvalue weighted by atomic mass is 9.78. The van der Waals surface area contributed by atoms with Gasteiger partial charge in [0, 0.05) is 31.7 Å². The lowest BCUT2D eigenvalue weighted by Gasteiger charge is -2.41. The van der Waals surface area contributed by atoms with Gasteiger partial charge < -0.3 is 25.0 Å². The summed E-state index contributed by atoms with van der Waals surface area (Å²) in [5.74, 6) is 1.49. The van der Waals surface area contributed by atoms with Gasteiger partial charge in [-0.25, -0.2) is 9.78 Å². The number of nitrogens with zero attached hydrogens (tertiary/aromatic N) is 3. The molecule has 31 heavy (non-hydrogen) atoms. The Morgan fingerprint density at radius 3 is 2.68 bits per heavy atom. The summed E-state index contributed by atoms with van der Waals surface area (Å²) in [6, 6.07) is 3.89. The monoisotopic (exact) mass is 430 g/mol. The maximum Gasteiger partial charge on any atom is 0.412 e. The van der Waals surface area contributed by atoms with E-state index in [1.54, 1.807) is 12.3 Å². The second-order valence-electron chi connectivity index (χ2n) is 9.56. The van der Waals surface area contributed by atoms with Gasteiger partial charge in [0.05, 0.1) is 17.7 Å². The second-order valence-corrected chi connectivity index (χ2v) is 9.56. The van der Waals surface area contributed by atoms with Gasteiger partial charge in [-0.3, -0.25) is 4.79 Å². The minimum atomic E-state index is -0.492. The molecule has 3 heterocycles. The molecule has 2 aliphatic heterocycles. The highest BCUT2D eigenvalue weighted by Gasteiger charge is 2.50. The summed E-state index contributed by atoms with van der Waals surface area (Å²) in [5.41, 5.74) is -0.331. The van der Waals surface area contributed by atoms with Gasteiger partial charge in [-0.1, -0.05) is 0 Å². The normalized spacial score (nSPS) is 29.0. The Kier molecular flexibility index (Phi) is 6.36. The molecule has 1 aromatic heterocycles. The Hall–Kier alpha value is -2.35. The molecule has 170 valence electrons. The smallest absolute Gasteiger partial charge is 0.409 e. The molecule has 1 aliphatic carbocycles. The number of aliphatic hydroxyl groups excluding tert-OH is 1. The number of piperidine rings is 1. The third-order valence-electron chi connectivity index (χ3n) is 6.89. The molecule has 8 heteroatoms. The zero-order chi connectivity index (χ0) is 22.0. The SMILES string of the molecule is CC(C)NC(=O)Oc1ccc(N2CCCC3(CCN(C4CCC(O)CC4)C3=O)C2)nc1.